The molecule has 0 aliphatic carbocycles. The molecule has 1 heterocycles. The highest BCUT2D eigenvalue weighted by molar-refractivity contribution is 5.88. The minimum atomic E-state index is -0.364. The minimum absolute atomic E-state index is 0.0125. The fourth-order valence-electron chi connectivity index (χ4n) is 4.80. The first-order valence-corrected chi connectivity index (χ1v) is 11.1. The predicted octanol–water partition coefficient (Wildman–Crippen LogP) is 5.00. The van der Waals surface area contributed by atoms with Gasteiger partial charge in [0, 0.05) is 25.4 Å². The lowest BCUT2D eigenvalue weighted by Crippen LogP contribution is -2.44. The van der Waals surface area contributed by atoms with Crippen LogP contribution < -0.4 is 0 Å². The molecule has 1 aliphatic rings. The summed E-state index contributed by atoms with van der Waals surface area (Å²) >= 11 is 0. The van der Waals surface area contributed by atoms with Gasteiger partial charge in [-0.25, -0.2) is 8.78 Å². The number of fused-ring (bicyclic) bond motifs is 1. The number of carbonyl (C=O) groups excluding carboxylic acids is 1. The van der Waals surface area contributed by atoms with Gasteiger partial charge in [0.25, 0.3) is 0 Å². The lowest BCUT2D eigenvalue weighted by atomic mass is 9.70. The smallest absolute Gasteiger partial charge is 0.223 e. The third-order valence-corrected chi connectivity index (χ3v) is 6.85. The molecule has 3 aromatic carbocycles. The largest absolute Gasteiger partial charge is 0.341 e. The Bertz CT molecular complexity index is 1210. The maximum Gasteiger partial charge on any atom is 0.223 e. The number of benzene rings is 3. The van der Waals surface area contributed by atoms with Gasteiger partial charge in [-0.2, -0.15) is 5.26 Å². The Morgan fingerprint density at radius 2 is 1.73 bits per heavy atom. The summed E-state index contributed by atoms with van der Waals surface area (Å²) in [5.41, 5.74) is 1.89. The summed E-state index contributed by atoms with van der Waals surface area (Å²) in [6.45, 7) is 2.06. The molecule has 1 amide bonds. The highest BCUT2D eigenvalue weighted by Crippen LogP contribution is 2.39. The van der Waals surface area contributed by atoms with E-state index >= 15 is 0 Å². The van der Waals surface area contributed by atoms with E-state index in [9.17, 15) is 18.8 Å². The first-order valence-electron chi connectivity index (χ1n) is 11.1. The summed E-state index contributed by atoms with van der Waals surface area (Å²) in [6, 6.07) is 16.5. The molecule has 170 valence electrons. The van der Waals surface area contributed by atoms with Crippen LogP contribution in [-0.4, -0.2) is 42.9 Å². The van der Waals surface area contributed by atoms with Gasteiger partial charge in [-0.05, 0) is 91.3 Å². The molecule has 6 heteroatoms. The van der Waals surface area contributed by atoms with Crippen molar-refractivity contribution in [2.24, 2.45) is 0 Å². The van der Waals surface area contributed by atoms with E-state index in [1.54, 1.807) is 42.3 Å². The number of nitriles is 1. The second-order valence-corrected chi connectivity index (χ2v) is 9.13. The molecule has 1 fully saturated rings. The lowest BCUT2D eigenvalue weighted by Gasteiger charge is -2.41. The molecule has 4 rings (SSSR count). The maximum absolute atomic E-state index is 13.7. The Morgan fingerprint density at radius 3 is 2.39 bits per heavy atom. The van der Waals surface area contributed by atoms with E-state index in [0.29, 0.717) is 23.9 Å². The molecule has 0 bridgehead atoms. The minimum Gasteiger partial charge on any atom is -0.341 e. The van der Waals surface area contributed by atoms with Crippen LogP contribution >= 0.6 is 0 Å². The van der Waals surface area contributed by atoms with Crippen LogP contribution in [0.5, 0.6) is 0 Å². The Balaban J connectivity index is 1.60. The van der Waals surface area contributed by atoms with Crippen LogP contribution in [0, 0.1) is 23.0 Å². The van der Waals surface area contributed by atoms with E-state index in [0.717, 1.165) is 42.4 Å². The zero-order valence-corrected chi connectivity index (χ0v) is 18.9. The van der Waals surface area contributed by atoms with Gasteiger partial charge in [-0.3, -0.25) is 4.79 Å². The van der Waals surface area contributed by atoms with Gasteiger partial charge in [-0.1, -0.05) is 18.2 Å². The standard InChI is InChI=1S/C27H27F2N3O/c1-31-11-9-27(10-12-31,22-3-5-23(28)6-4-22)16-26(33)32(2)18-21-14-19(17-30)13-20-15-24(29)7-8-25(20)21/h3-8,13-15H,9-12,16,18H2,1-2H3. The van der Waals surface area contributed by atoms with Crippen molar-refractivity contribution >= 4 is 16.7 Å². The fraction of sp³-hybridized carbons (Fsp3) is 0.333. The van der Waals surface area contributed by atoms with Crippen molar-refractivity contribution < 1.29 is 13.6 Å². The summed E-state index contributed by atoms with van der Waals surface area (Å²) in [7, 11) is 3.82. The Labute approximate surface area is 193 Å². The molecule has 0 atom stereocenters. The molecule has 0 radical (unpaired) electrons. The summed E-state index contributed by atoms with van der Waals surface area (Å²) in [5.74, 6) is -0.663. The fourth-order valence-corrected chi connectivity index (χ4v) is 4.80. The lowest BCUT2D eigenvalue weighted by molar-refractivity contribution is -0.132. The highest BCUT2D eigenvalue weighted by Gasteiger charge is 2.38. The number of nitrogens with zero attached hydrogens (tertiary/aromatic N) is 3. The average molecular weight is 448 g/mol. The van der Waals surface area contributed by atoms with Crippen LogP contribution in [0.2, 0.25) is 0 Å². The van der Waals surface area contributed by atoms with Crippen LogP contribution in [0.1, 0.15) is 36.0 Å². The van der Waals surface area contributed by atoms with Crippen molar-refractivity contribution in [3.8, 4) is 6.07 Å². The van der Waals surface area contributed by atoms with Gasteiger partial charge >= 0.3 is 0 Å². The third kappa shape index (κ3) is 4.89. The Hall–Kier alpha value is -3.30. The number of piperidine rings is 1. The first kappa shape index (κ1) is 22.9. The van der Waals surface area contributed by atoms with Crippen molar-refractivity contribution in [2.75, 3.05) is 27.2 Å². The normalized spacial score (nSPS) is 15.8. The van der Waals surface area contributed by atoms with Crippen LogP contribution in [0.15, 0.2) is 54.6 Å². The van der Waals surface area contributed by atoms with Gasteiger partial charge in [0.1, 0.15) is 11.6 Å². The molecule has 0 N–H and O–H groups in total. The number of hydrogen-bond acceptors (Lipinski definition) is 3. The van der Waals surface area contributed by atoms with E-state index in [1.807, 2.05) is 0 Å². The van der Waals surface area contributed by atoms with Gasteiger partial charge in [-0.15, -0.1) is 0 Å². The van der Waals surface area contributed by atoms with E-state index in [-0.39, 0.29) is 23.0 Å². The van der Waals surface area contributed by atoms with E-state index in [1.165, 1.54) is 24.3 Å². The zero-order valence-electron chi connectivity index (χ0n) is 18.9. The van der Waals surface area contributed by atoms with Gasteiger partial charge in [0.15, 0.2) is 0 Å². The van der Waals surface area contributed by atoms with Crippen LogP contribution in [-0.2, 0) is 16.8 Å². The van der Waals surface area contributed by atoms with E-state index in [4.69, 9.17) is 0 Å². The second kappa shape index (κ2) is 9.29. The Morgan fingerprint density at radius 1 is 1.06 bits per heavy atom. The first-order chi connectivity index (χ1) is 15.8. The number of rotatable bonds is 5. The van der Waals surface area contributed by atoms with Crippen molar-refractivity contribution in [1.29, 1.82) is 5.26 Å². The number of hydrogen-bond donors (Lipinski definition) is 0. The van der Waals surface area contributed by atoms with Crippen LogP contribution in [0.3, 0.4) is 0 Å². The van der Waals surface area contributed by atoms with Crippen LogP contribution in [0.4, 0.5) is 8.78 Å². The molecular weight excluding hydrogens is 420 g/mol. The van der Waals surface area contributed by atoms with Crippen molar-refractivity contribution in [3.05, 3.63) is 82.9 Å². The molecule has 0 unspecified atom stereocenters. The summed E-state index contributed by atoms with van der Waals surface area (Å²) < 4.78 is 27.3. The molecule has 1 saturated heterocycles. The van der Waals surface area contributed by atoms with Gasteiger partial charge in [0.2, 0.25) is 5.91 Å². The van der Waals surface area contributed by atoms with Crippen molar-refractivity contribution in [2.45, 2.75) is 31.2 Å². The number of carbonyl (C=O) groups is 1. The Kier molecular flexibility index (Phi) is 6.44. The molecule has 33 heavy (non-hydrogen) atoms. The second-order valence-electron chi connectivity index (χ2n) is 9.13. The topological polar surface area (TPSA) is 47.3 Å². The molecule has 1 aliphatic heterocycles. The molecule has 0 saturated carbocycles. The van der Waals surface area contributed by atoms with Gasteiger partial charge in [0.05, 0.1) is 11.6 Å². The number of likely N-dealkylation sites (tertiary alicyclic amines) is 1. The zero-order chi connectivity index (χ0) is 23.6. The highest BCUT2D eigenvalue weighted by atomic mass is 19.1. The maximum atomic E-state index is 13.7. The number of halogens is 2. The summed E-state index contributed by atoms with van der Waals surface area (Å²) in [5, 5.41) is 10.9. The van der Waals surface area contributed by atoms with E-state index < -0.39 is 0 Å². The molecular formula is C27H27F2N3O. The quantitative estimate of drug-likeness (QED) is 0.553. The molecule has 4 nitrogen and oxygen atoms in total. The summed E-state index contributed by atoms with van der Waals surface area (Å²) in [6.07, 6.45) is 1.97. The SMILES string of the molecule is CN1CCC(CC(=O)N(C)Cc2cc(C#N)cc3cc(F)ccc23)(c2ccc(F)cc2)CC1. The number of amides is 1. The summed E-state index contributed by atoms with van der Waals surface area (Å²) in [4.78, 5) is 17.3. The molecule has 3 aromatic rings. The average Bonchev–Trinajstić information content (AvgIpc) is 2.80. The van der Waals surface area contributed by atoms with Crippen LogP contribution in [0.25, 0.3) is 10.8 Å². The van der Waals surface area contributed by atoms with E-state index in [2.05, 4.69) is 18.0 Å². The van der Waals surface area contributed by atoms with Crippen molar-refractivity contribution in [3.63, 3.8) is 0 Å². The third-order valence-electron chi connectivity index (χ3n) is 6.85. The molecule has 0 spiro atoms. The monoisotopic (exact) mass is 447 g/mol. The molecule has 0 aromatic heterocycles. The predicted molar refractivity (Wildman–Crippen MR) is 125 cm³/mol. The van der Waals surface area contributed by atoms with Crippen molar-refractivity contribution in [1.82, 2.24) is 9.80 Å². The van der Waals surface area contributed by atoms with Gasteiger partial charge < -0.3 is 9.80 Å².